The Bertz CT molecular complexity index is 810. The van der Waals surface area contributed by atoms with Gasteiger partial charge in [-0.05, 0) is 37.5 Å². The van der Waals surface area contributed by atoms with E-state index in [2.05, 4.69) is 5.32 Å². The smallest absolute Gasteiger partial charge is 0.242 e. The van der Waals surface area contributed by atoms with Crippen LogP contribution in [0.2, 0.25) is 5.02 Å². The van der Waals surface area contributed by atoms with E-state index in [1.54, 1.807) is 31.2 Å². The lowest BCUT2D eigenvalue weighted by molar-refractivity contribution is -0.140. The van der Waals surface area contributed by atoms with Crippen LogP contribution in [0.5, 0.6) is 0 Å². The molecule has 1 aromatic rings. The number of nitrogens with one attached hydrogen (secondary N) is 1. The molecule has 1 aliphatic rings. The Morgan fingerprint density at radius 1 is 1.31 bits per heavy atom. The van der Waals surface area contributed by atoms with Crippen molar-refractivity contribution in [3.05, 3.63) is 34.9 Å². The second-order valence-electron chi connectivity index (χ2n) is 7.22. The lowest BCUT2D eigenvalue weighted by atomic mass is 10.1. The van der Waals surface area contributed by atoms with Crippen molar-refractivity contribution in [3.8, 4) is 0 Å². The van der Waals surface area contributed by atoms with E-state index < -0.39 is 22.0 Å². The molecule has 0 aromatic heterocycles. The molecular formula is C19H28ClN3O5S. The van der Waals surface area contributed by atoms with Gasteiger partial charge in [0.1, 0.15) is 6.04 Å². The third-order valence-corrected chi connectivity index (χ3v) is 6.40. The van der Waals surface area contributed by atoms with Crippen molar-refractivity contribution >= 4 is 33.4 Å². The van der Waals surface area contributed by atoms with Crippen LogP contribution in [0.3, 0.4) is 0 Å². The van der Waals surface area contributed by atoms with Crippen molar-refractivity contribution in [2.45, 2.75) is 38.5 Å². The average molecular weight is 446 g/mol. The van der Waals surface area contributed by atoms with Gasteiger partial charge < -0.3 is 15.0 Å². The maximum absolute atomic E-state index is 12.9. The number of benzene rings is 1. The van der Waals surface area contributed by atoms with E-state index in [0.29, 0.717) is 18.2 Å². The summed E-state index contributed by atoms with van der Waals surface area (Å²) in [6.07, 6.45) is 2.88. The molecule has 1 aliphatic heterocycles. The van der Waals surface area contributed by atoms with E-state index in [4.69, 9.17) is 16.3 Å². The molecule has 10 heteroatoms. The molecule has 162 valence electrons. The van der Waals surface area contributed by atoms with Gasteiger partial charge in [0, 0.05) is 31.8 Å². The highest BCUT2D eigenvalue weighted by Crippen LogP contribution is 2.15. The van der Waals surface area contributed by atoms with Gasteiger partial charge in [0.05, 0.1) is 18.9 Å². The van der Waals surface area contributed by atoms with Crippen LogP contribution in [-0.4, -0.2) is 74.6 Å². The maximum Gasteiger partial charge on any atom is 0.242 e. The minimum Gasteiger partial charge on any atom is -0.376 e. The van der Waals surface area contributed by atoms with Crippen LogP contribution >= 0.6 is 11.6 Å². The van der Waals surface area contributed by atoms with Crippen LogP contribution in [0.4, 0.5) is 0 Å². The summed E-state index contributed by atoms with van der Waals surface area (Å²) in [7, 11) is -2.20. The first-order valence-corrected chi connectivity index (χ1v) is 11.6. The van der Waals surface area contributed by atoms with Crippen molar-refractivity contribution in [2.24, 2.45) is 0 Å². The Hall–Kier alpha value is -1.68. The number of rotatable bonds is 9. The standard InChI is InChI=1S/C19H28ClN3O5S/c1-14(19(25)21-11-17-5-4-10-28-17)23(12-15-6-8-16(20)9-7-15)18(24)13-22(2)29(3,26)27/h6-9,14,17H,4-5,10-13H2,1-3H3,(H,21,25)/t14-,17-/m0/s1. The van der Waals surface area contributed by atoms with Crippen molar-refractivity contribution < 1.29 is 22.7 Å². The summed E-state index contributed by atoms with van der Waals surface area (Å²) in [6.45, 7) is 2.50. The van der Waals surface area contributed by atoms with E-state index >= 15 is 0 Å². The molecule has 1 aromatic carbocycles. The topological polar surface area (TPSA) is 96.0 Å². The van der Waals surface area contributed by atoms with Gasteiger partial charge in [-0.25, -0.2) is 8.42 Å². The predicted octanol–water partition coefficient (Wildman–Crippen LogP) is 1.24. The third-order valence-electron chi connectivity index (χ3n) is 4.89. The van der Waals surface area contributed by atoms with Crippen molar-refractivity contribution in [1.29, 1.82) is 0 Å². The second kappa shape index (κ2) is 10.4. The first-order chi connectivity index (χ1) is 13.6. The Morgan fingerprint density at radius 2 is 1.97 bits per heavy atom. The number of amides is 2. The number of likely N-dealkylation sites (N-methyl/N-ethyl adjacent to an activating group) is 1. The number of carbonyl (C=O) groups is 2. The summed E-state index contributed by atoms with van der Waals surface area (Å²) < 4.78 is 29.8. The van der Waals surface area contributed by atoms with Crippen LogP contribution < -0.4 is 5.32 Å². The summed E-state index contributed by atoms with van der Waals surface area (Å²) in [5.41, 5.74) is 0.781. The van der Waals surface area contributed by atoms with E-state index in [0.717, 1.165) is 29.0 Å². The molecule has 0 aliphatic carbocycles. The molecule has 0 bridgehead atoms. The number of carbonyl (C=O) groups excluding carboxylic acids is 2. The zero-order valence-electron chi connectivity index (χ0n) is 16.9. The lowest BCUT2D eigenvalue weighted by Crippen LogP contribution is -2.51. The van der Waals surface area contributed by atoms with Gasteiger partial charge in [-0.15, -0.1) is 0 Å². The summed E-state index contributed by atoms with van der Waals surface area (Å²) in [6, 6.07) is 6.14. The Morgan fingerprint density at radius 3 is 2.52 bits per heavy atom. The van der Waals surface area contributed by atoms with E-state index in [1.807, 2.05) is 0 Å². The van der Waals surface area contributed by atoms with Gasteiger partial charge >= 0.3 is 0 Å². The fraction of sp³-hybridized carbons (Fsp3) is 0.579. The molecule has 2 atom stereocenters. The van der Waals surface area contributed by atoms with Gasteiger partial charge in [-0.1, -0.05) is 23.7 Å². The van der Waals surface area contributed by atoms with Crippen molar-refractivity contribution in [2.75, 3.05) is 33.0 Å². The van der Waals surface area contributed by atoms with Crippen molar-refractivity contribution in [3.63, 3.8) is 0 Å². The Kier molecular flexibility index (Phi) is 8.45. The number of sulfonamides is 1. The van der Waals surface area contributed by atoms with Gasteiger partial charge in [-0.3, -0.25) is 9.59 Å². The number of halogens is 1. The molecule has 1 heterocycles. The molecule has 0 unspecified atom stereocenters. The largest absolute Gasteiger partial charge is 0.376 e. The Labute approximate surface area is 177 Å². The normalized spacial score (nSPS) is 17.9. The van der Waals surface area contributed by atoms with Crippen LogP contribution in [0, 0.1) is 0 Å². The minimum absolute atomic E-state index is 0.0112. The quantitative estimate of drug-likeness (QED) is 0.617. The molecule has 0 spiro atoms. The van der Waals surface area contributed by atoms with Gasteiger partial charge in [0.15, 0.2) is 0 Å². The molecular weight excluding hydrogens is 418 g/mol. The van der Waals surface area contributed by atoms with E-state index in [1.165, 1.54) is 11.9 Å². The lowest BCUT2D eigenvalue weighted by Gasteiger charge is -2.30. The Balaban J connectivity index is 2.11. The van der Waals surface area contributed by atoms with Gasteiger partial charge in [0.2, 0.25) is 21.8 Å². The molecule has 8 nitrogen and oxygen atoms in total. The molecule has 0 saturated carbocycles. The van der Waals surface area contributed by atoms with E-state index in [9.17, 15) is 18.0 Å². The summed E-state index contributed by atoms with van der Waals surface area (Å²) in [4.78, 5) is 26.9. The molecule has 2 amide bonds. The fourth-order valence-electron chi connectivity index (χ4n) is 2.94. The summed E-state index contributed by atoms with van der Waals surface area (Å²) in [5.74, 6) is -0.780. The third kappa shape index (κ3) is 7.26. The molecule has 1 N–H and O–H groups in total. The molecule has 29 heavy (non-hydrogen) atoms. The minimum atomic E-state index is -3.53. The number of nitrogens with zero attached hydrogens (tertiary/aromatic N) is 2. The van der Waals surface area contributed by atoms with Crippen LogP contribution in [0.1, 0.15) is 25.3 Å². The van der Waals surface area contributed by atoms with Crippen LogP contribution in [0.25, 0.3) is 0 Å². The zero-order chi connectivity index (χ0) is 21.6. The summed E-state index contributed by atoms with van der Waals surface area (Å²) in [5, 5.41) is 3.39. The van der Waals surface area contributed by atoms with Gasteiger partial charge in [0.25, 0.3) is 0 Å². The average Bonchev–Trinajstić information content (AvgIpc) is 3.17. The van der Waals surface area contributed by atoms with E-state index in [-0.39, 0.29) is 25.1 Å². The number of ether oxygens (including phenoxy) is 1. The monoisotopic (exact) mass is 445 g/mol. The first kappa shape index (κ1) is 23.6. The summed E-state index contributed by atoms with van der Waals surface area (Å²) >= 11 is 5.92. The molecule has 1 fully saturated rings. The second-order valence-corrected chi connectivity index (χ2v) is 9.75. The number of hydrogen-bond acceptors (Lipinski definition) is 5. The number of hydrogen-bond donors (Lipinski definition) is 1. The molecule has 1 saturated heterocycles. The highest BCUT2D eigenvalue weighted by molar-refractivity contribution is 7.88. The highest BCUT2D eigenvalue weighted by atomic mass is 35.5. The SMILES string of the molecule is C[C@@H](C(=O)NC[C@@H]1CCCO1)N(Cc1ccc(Cl)cc1)C(=O)CN(C)S(C)(=O)=O. The van der Waals surface area contributed by atoms with Crippen molar-refractivity contribution in [1.82, 2.24) is 14.5 Å². The van der Waals surface area contributed by atoms with Gasteiger partial charge in [-0.2, -0.15) is 4.31 Å². The first-order valence-electron chi connectivity index (χ1n) is 9.42. The highest BCUT2D eigenvalue weighted by Gasteiger charge is 2.29. The molecule has 2 rings (SSSR count). The molecule has 0 radical (unpaired) electrons. The predicted molar refractivity (Wildman–Crippen MR) is 111 cm³/mol. The maximum atomic E-state index is 12.9. The van der Waals surface area contributed by atoms with Crippen LogP contribution in [0.15, 0.2) is 24.3 Å². The fourth-order valence-corrected chi connectivity index (χ4v) is 3.41. The van der Waals surface area contributed by atoms with Crippen LogP contribution in [-0.2, 0) is 30.9 Å². The zero-order valence-corrected chi connectivity index (χ0v) is 18.5.